The van der Waals surface area contributed by atoms with Crippen molar-refractivity contribution in [2.24, 2.45) is 0 Å². The molecule has 128 valence electrons. The van der Waals surface area contributed by atoms with E-state index in [1.54, 1.807) is 24.3 Å². The van der Waals surface area contributed by atoms with Crippen molar-refractivity contribution in [1.82, 2.24) is 9.80 Å². The van der Waals surface area contributed by atoms with E-state index in [4.69, 9.17) is 0 Å². The van der Waals surface area contributed by atoms with E-state index in [9.17, 15) is 22.8 Å². The van der Waals surface area contributed by atoms with Gasteiger partial charge in [0.05, 0.1) is 16.4 Å². The van der Waals surface area contributed by atoms with Gasteiger partial charge in [-0.1, -0.05) is 12.1 Å². The van der Waals surface area contributed by atoms with Crippen LogP contribution in [0.4, 0.5) is 0 Å². The Hall–Kier alpha value is -2.22. The SMILES string of the molecule is CS(=O)(=O)C1CCN(C(=O)CCN2C(=O)c3ccccc3C2=O)C1. The molecule has 0 N–H and O–H groups in total. The summed E-state index contributed by atoms with van der Waals surface area (Å²) in [5.74, 6) is -1.02. The van der Waals surface area contributed by atoms with E-state index in [-0.39, 0.29) is 37.2 Å². The summed E-state index contributed by atoms with van der Waals surface area (Å²) in [7, 11) is -3.17. The Bertz CT molecular complexity index is 783. The molecule has 0 bridgehead atoms. The molecule has 24 heavy (non-hydrogen) atoms. The summed E-state index contributed by atoms with van der Waals surface area (Å²) < 4.78 is 23.1. The molecule has 8 heteroatoms. The fourth-order valence-electron chi connectivity index (χ4n) is 3.11. The molecule has 2 aliphatic heterocycles. The first-order valence-corrected chi connectivity index (χ1v) is 9.66. The van der Waals surface area contributed by atoms with E-state index in [2.05, 4.69) is 0 Å². The lowest BCUT2D eigenvalue weighted by atomic mass is 10.1. The number of carbonyl (C=O) groups excluding carboxylic acids is 3. The fraction of sp³-hybridized carbons (Fsp3) is 0.438. The molecule has 1 aromatic carbocycles. The lowest BCUT2D eigenvalue weighted by molar-refractivity contribution is -0.130. The van der Waals surface area contributed by atoms with Crippen LogP contribution in [0.25, 0.3) is 0 Å². The van der Waals surface area contributed by atoms with Crippen molar-refractivity contribution in [2.45, 2.75) is 18.1 Å². The van der Waals surface area contributed by atoms with Gasteiger partial charge in [-0.3, -0.25) is 19.3 Å². The van der Waals surface area contributed by atoms with Gasteiger partial charge in [-0.2, -0.15) is 0 Å². The van der Waals surface area contributed by atoms with Crippen LogP contribution in [0.1, 0.15) is 33.6 Å². The average Bonchev–Trinajstić information content (AvgIpc) is 3.12. The number of hydrogen-bond donors (Lipinski definition) is 0. The molecule has 1 unspecified atom stereocenters. The number of imide groups is 1. The number of benzene rings is 1. The first kappa shape index (κ1) is 16.6. The molecular weight excluding hydrogens is 332 g/mol. The zero-order chi connectivity index (χ0) is 17.5. The number of hydrogen-bond acceptors (Lipinski definition) is 5. The summed E-state index contributed by atoms with van der Waals surface area (Å²) in [5.41, 5.74) is 0.710. The van der Waals surface area contributed by atoms with Crippen LogP contribution in [0.3, 0.4) is 0 Å². The lowest BCUT2D eigenvalue weighted by Crippen LogP contribution is -2.36. The van der Waals surface area contributed by atoms with E-state index in [1.807, 2.05) is 0 Å². The second kappa shape index (κ2) is 6.01. The molecule has 3 amide bonds. The Morgan fingerprint density at radius 2 is 1.75 bits per heavy atom. The van der Waals surface area contributed by atoms with Gasteiger partial charge in [0.15, 0.2) is 9.84 Å². The van der Waals surface area contributed by atoms with Crippen molar-refractivity contribution < 1.29 is 22.8 Å². The van der Waals surface area contributed by atoms with Gasteiger partial charge >= 0.3 is 0 Å². The summed E-state index contributed by atoms with van der Waals surface area (Å²) in [4.78, 5) is 39.3. The van der Waals surface area contributed by atoms with Crippen molar-refractivity contribution in [3.63, 3.8) is 0 Å². The normalized spacial score (nSPS) is 20.6. The quantitative estimate of drug-likeness (QED) is 0.729. The Labute approximate surface area is 140 Å². The number of amides is 3. The highest BCUT2D eigenvalue weighted by molar-refractivity contribution is 7.91. The van der Waals surface area contributed by atoms with Crippen LogP contribution in [0.15, 0.2) is 24.3 Å². The highest BCUT2D eigenvalue weighted by Crippen LogP contribution is 2.23. The summed E-state index contributed by atoms with van der Waals surface area (Å²) in [6, 6.07) is 6.56. The van der Waals surface area contributed by atoms with Crippen LogP contribution in [0, 0.1) is 0 Å². The van der Waals surface area contributed by atoms with Crippen LogP contribution >= 0.6 is 0 Å². The van der Waals surface area contributed by atoms with E-state index in [0.717, 1.165) is 4.90 Å². The molecule has 3 rings (SSSR count). The van der Waals surface area contributed by atoms with Gasteiger partial charge in [-0.25, -0.2) is 8.42 Å². The number of carbonyl (C=O) groups is 3. The Morgan fingerprint density at radius 1 is 1.17 bits per heavy atom. The Kier molecular flexibility index (Phi) is 4.16. The minimum Gasteiger partial charge on any atom is -0.341 e. The zero-order valence-corrected chi connectivity index (χ0v) is 14.1. The molecule has 0 saturated carbocycles. The van der Waals surface area contributed by atoms with Gasteiger partial charge in [-0.15, -0.1) is 0 Å². The lowest BCUT2D eigenvalue weighted by Gasteiger charge is -2.18. The van der Waals surface area contributed by atoms with Crippen LogP contribution in [-0.2, 0) is 14.6 Å². The molecule has 1 fully saturated rings. The third kappa shape index (κ3) is 2.93. The summed E-state index contributed by atoms with van der Waals surface area (Å²) in [5, 5.41) is -0.527. The predicted octanol–water partition coefficient (Wildman–Crippen LogP) is 0.318. The first-order chi connectivity index (χ1) is 11.3. The van der Waals surface area contributed by atoms with E-state index in [1.165, 1.54) is 11.2 Å². The van der Waals surface area contributed by atoms with Gasteiger partial charge < -0.3 is 4.90 Å². The Balaban J connectivity index is 1.60. The first-order valence-electron chi connectivity index (χ1n) is 7.71. The molecule has 0 radical (unpaired) electrons. The summed E-state index contributed by atoms with van der Waals surface area (Å²) >= 11 is 0. The number of sulfone groups is 1. The van der Waals surface area contributed by atoms with Crippen LogP contribution in [-0.4, -0.2) is 67.1 Å². The Morgan fingerprint density at radius 3 is 2.25 bits per heavy atom. The van der Waals surface area contributed by atoms with Gasteiger partial charge in [0.25, 0.3) is 11.8 Å². The number of fused-ring (bicyclic) bond motifs is 1. The highest BCUT2D eigenvalue weighted by atomic mass is 32.2. The molecule has 0 aliphatic carbocycles. The van der Waals surface area contributed by atoms with E-state index >= 15 is 0 Å². The van der Waals surface area contributed by atoms with Gasteiger partial charge in [-0.05, 0) is 18.6 Å². The maximum absolute atomic E-state index is 12.2. The van der Waals surface area contributed by atoms with Crippen LogP contribution in [0.2, 0.25) is 0 Å². The van der Waals surface area contributed by atoms with Crippen molar-refractivity contribution >= 4 is 27.6 Å². The highest BCUT2D eigenvalue weighted by Gasteiger charge is 2.36. The largest absolute Gasteiger partial charge is 0.341 e. The predicted molar refractivity (Wildman–Crippen MR) is 86.3 cm³/mol. The topological polar surface area (TPSA) is 91.8 Å². The van der Waals surface area contributed by atoms with Gasteiger partial charge in [0, 0.05) is 32.3 Å². The minimum absolute atomic E-state index is 0.00193. The van der Waals surface area contributed by atoms with Crippen molar-refractivity contribution in [1.29, 1.82) is 0 Å². The third-order valence-electron chi connectivity index (χ3n) is 4.53. The molecule has 1 aromatic rings. The summed E-state index contributed by atoms with van der Waals surface area (Å²) in [6.45, 7) is 0.573. The monoisotopic (exact) mass is 350 g/mol. The smallest absolute Gasteiger partial charge is 0.261 e. The summed E-state index contributed by atoms with van der Waals surface area (Å²) in [6.07, 6.45) is 1.60. The van der Waals surface area contributed by atoms with Crippen molar-refractivity contribution in [3.8, 4) is 0 Å². The maximum atomic E-state index is 12.2. The molecule has 1 atom stereocenters. The standard InChI is InChI=1S/C16H18N2O5S/c1-24(22,23)11-6-8-17(10-11)14(19)7-9-18-15(20)12-4-2-3-5-13(12)16(18)21/h2-5,11H,6-10H2,1H3. The fourth-order valence-corrected chi connectivity index (χ4v) is 4.10. The molecule has 7 nitrogen and oxygen atoms in total. The number of nitrogens with zero attached hydrogens (tertiary/aromatic N) is 2. The molecule has 2 aliphatic rings. The van der Waals surface area contributed by atoms with Crippen molar-refractivity contribution in [2.75, 3.05) is 25.9 Å². The van der Waals surface area contributed by atoms with E-state index in [0.29, 0.717) is 24.1 Å². The van der Waals surface area contributed by atoms with Crippen LogP contribution < -0.4 is 0 Å². The second-order valence-electron chi connectivity index (χ2n) is 6.14. The molecular formula is C16H18N2O5S. The van der Waals surface area contributed by atoms with Crippen LogP contribution in [0.5, 0.6) is 0 Å². The number of likely N-dealkylation sites (tertiary alicyclic amines) is 1. The van der Waals surface area contributed by atoms with Gasteiger partial charge in [0.2, 0.25) is 5.91 Å². The van der Waals surface area contributed by atoms with Gasteiger partial charge in [0.1, 0.15) is 0 Å². The molecule has 2 heterocycles. The van der Waals surface area contributed by atoms with E-state index < -0.39 is 15.1 Å². The third-order valence-corrected chi connectivity index (χ3v) is 6.13. The minimum atomic E-state index is -3.17. The average molecular weight is 350 g/mol. The second-order valence-corrected chi connectivity index (χ2v) is 8.46. The van der Waals surface area contributed by atoms with Crippen molar-refractivity contribution in [3.05, 3.63) is 35.4 Å². The maximum Gasteiger partial charge on any atom is 0.261 e. The zero-order valence-electron chi connectivity index (χ0n) is 13.3. The number of rotatable bonds is 4. The molecule has 0 aromatic heterocycles. The molecule has 1 saturated heterocycles. The molecule has 0 spiro atoms.